The molecule has 0 aliphatic carbocycles. The molecule has 1 aliphatic heterocycles. The summed E-state index contributed by atoms with van der Waals surface area (Å²) in [7, 11) is 1.61. The average molecular weight is 346 g/mol. The number of anilines is 1. The maximum Gasteiger partial charge on any atom is 0.229 e. The van der Waals surface area contributed by atoms with Crippen molar-refractivity contribution in [2.24, 2.45) is 5.92 Å². The van der Waals surface area contributed by atoms with E-state index in [1.165, 1.54) is 0 Å². The van der Waals surface area contributed by atoms with Crippen molar-refractivity contribution in [3.63, 3.8) is 0 Å². The van der Waals surface area contributed by atoms with Gasteiger partial charge in [-0.1, -0.05) is 45.9 Å². The molecule has 0 aromatic heterocycles. The van der Waals surface area contributed by atoms with Gasteiger partial charge in [-0.3, -0.25) is 9.59 Å². The molecular formula is C20H30N2O3. The number of carbonyl (C=O) groups excluding carboxylic acids is 2. The number of methoxy groups -OCH3 is 1. The maximum absolute atomic E-state index is 12.8. The van der Waals surface area contributed by atoms with Crippen LogP contribution in [-0.2, 0) is 14.3 Å². The molecule has 1 unspecified atom stereocenters. The largest absolute Gasteiger partial charge is 0.383 e. The number of nitrogens with zero attached hydrogens (tertiary/aromatic N) is 1. The van der Waals surface area contributed by atoms with E-state index in [9.17, 15) is 9.59 Å². The van der Waals surface area contributed by atoms with Crippen molar-refractivity contribution in [2.75, 3.05) is 32.1 Å². The van der Waals surface area contributed by atoms with E-state index in [4.69, 9.17) is 4.74 Å². The molecule has 2 rings (SSSR count). The Morgan fingerprint density at radius 3 is 2.36 bits per heavy atom. The first-order valence-electron chi connectivity index (χ1n) is 9.05. The number of benzene rings is 1. The fourth-order valence-corrected chi connectivity index (χ4v) is 3.29. The number of amides is 2. The minimum Gasteiger partial charge on any atom is -0.383 e. The molecule has 1 aliphatic rings. The predicted molar refractivity (Wildman–Crippen MR) is 99.8 cm³/mol. The summed E-state index contributed by atoms with van der Waals surface area (Å²) in [6.07, 6.45) is 0.274. The highest BCUT2D eigenvalue weighted by Gasteiger charge is 2.34. The van der Waals surface area contributed by atoms with E-state index in [1.54, 1.807) is 12.0 Å². The van der Waals surface area contributed by atoms with Gasteiger partial charge in [-0.2, -0.15) is 0 Å². The normalized spacial score (nSPS) is 17.6. The van der Waals surface area contributed by atoms with Crippen LogP contribution in [0.2, 0.25) is 0 Å². The standard InChI is InChI=1S/C20H30N2O3/c1-13(2)16-7-6-8-17(14(3)4)19(16)21-20(24)15-11-18(23)22(12-15)9-10-25-5/h6-8,13-15H,9-12H2,1-5H3,(H,21,24). The van der Waals surface area contributed by atoms with E-state index >= 15 is 0 Å². The second-order valence-corrected chi connectivity index (χ2v) is 7.34. The number of likely N-dealkylation sites (tertiary alicyclic amines) is 1. The van der Waals surface area contributed by atoms with Gasteiger partial charge in [0.05, 0.1) is 12.5 Å². The maximum atomic E-state index is 12.8. The zero-order chi connectivity index (χ0) is 18.6. The van der Waals surface area contributed by atoms with Crippen LogP contribution >= 0.6 is 0 Å². The van der Waals surface area contributed by atoms with Crippen molar-refractivity contribution < 1.29 is 14.3 Å². The van der Waals surface area contributed by atoms with Crippen LogP contribution in [0.25, 0.3) is 0 Å². The summed E-state index contributed by atoms with van der Waals surface area (Å²) < 4.78 is 5.03. The zero-order valence-electron chi connectivity index (χ0n) is 16.0. The number of hydrogen-bond acceptors (Lipinski definition) is 3. The summed E-state index contributed by atoms with van der Waals surface area (Å²) in [6, 6.07) is 6.18. The van der Waals surface area contributed by atoms with E-state index in [0.717, 1.165) is 16.8 Å². The van der Waals surface area contributed by atoms with Crippen LogP contribution in [0.4, 0.5) is 5.69 Å². The van der Waals surface area contributed by atoms with E-state index in [0.29, 0.717) is 31.5 Å². The van der Waals surface area contributed by atoms with Gasteiger partial charge in [-0.05, 0) is 23.0 Å². The SMILES string of the molecule is COCCN1CC(C(=O)Nc2c(C(C)C)cccc2C(C)C)CC1=O. The topological polar surface area (TPSA) is 58.6 Å². The third kappa shape index (κ3) is 4.60. The summed E-state index contributed by atoms with van der Waals surface area (Å²) in [4.78, 5) is 26.6. The smallest absolute Gasteiger partial charge is 0.229 e. The Bertz CT molecular complexity index is 599. The van der Waals surface area contributed by atoms with Gasteiger partial charge in [0.2, 0.25) is 11.8 Å². The first kappa shape index (κ1) is 19.4. The number of hydrogen-bond donors (Lipinski definition) is 1. The van der Waals surface area contributed by atoms with Crippen molar-refractivity contribution in [3.05, 3.63) is 29.3 Å². The van der Waals surface area contributed by atoms with Crippen molar-refractivity contribution in [1.29, 1.82) is 0 Å². The second-order valence-electron chi connectivity index (χ2n) is 7.34. The predicted octanol–water partition coefficient (Wildman–Crippen LogP) is 3.37. The Labute approximate surface area is 150 Å². The van der Waals surface area contributed by atoms with Gasteiger partial charge < -0.3 is 15.0 Å². The van der Waals surface area contributed by atoms with Gasteiger partial charge in [0.25, 0.3) is 0 Å². The summed E-state index contributed by atoms with van der Waals surface area (Å²) in [6.45, 7) is 10.0. The molecule has 1 aromatic rings. The molecule has 1 atom stereocenters. The van der Waals surface area contributed by atoms with Crippen LogP contribution in [0.5, 0.6) is 0 Å². The highest BCUT2D eigenvalue weighted by atomic mass is 16.5. The lowest BCUT2D eigenvalue weighted by molar-refractivity contribution is -0.128. The van der Waals surface area contributed by atoms with Crippen LogP contribution < -0.4 is 5.32 Å². The van der Waals surface area contributed by atoms with Crippen LogP contribution in [0.15, 0.2) is 18.2 Å². The van der Waals surface area contributed by atoms with Crippen LogP contribution in [0, 0.1) is 5.92 Å². The number of carbonyl (C=O) groups is 2. The minimum atomic E-state index is -0.301. The van der Waals surface area contributed by atoms with Crippen LogP contribution in [0.3, 0.4) is 0 Å². The minimum absolute atomic E-state index is 0.0263. The molecule has 138 valence electrons. The summed E-state index contributed by atoms with van der Waals surface area (Å²) in [5.74, 6) is 0.293. The van der Waals surface area contributed by atoms with Crippen molar-refractivity contribution in [2.45, 2.75) is 46.0 Å². The molecule has 1 N–H and O–H groups in total. The van der Waals surface area contributed by atoms with Gasteiger partial charge in [-0.25, -0.2) is 0 Å². The van der Waals surface area contributed by atoms with E-state index in [1.807, 2.05) is 6.07 Å². The third-order valence-electron chi connectivity index (χ3n) is 4.77. The molecule has 0 bridgehead atoms. The van der Waals surface area contributed by atoms with Crippen LogP contribution in [-0.4, -0.2) is 43.5 Å². The molecule has 5 heteroatoms. The van der Waals surface area contributed by atoms with Gasteiger partial charge in [0.15, 0.2) is 0 Å². The van der Waals surface area contributed by atoms with Gasteiger partial charge >= 0.3 is 0 Å². The van der Waals surface area contributed by atoms with Gasteiger partial charge in [0, 0.05) is 32.3 Å². The molecule has 5 nitrogen and oxygen atoms in total. The monoisotopic (exact) mass is 346 g/mol. The van der Waals surface area contributed by atoms with E-state index in [-0.39, 0.29) is 24.2 Å². The third-order valence-corrected chi connectivity index (χ3v) is 4.77. The lowest BCUT2D eigenvalue weighted by Crippen LogP contribution is -2.31. The number of para-hydroxylation sites is 1. The summed E-state index contributed by atoms with van der Waals surface area (Å²) in [5.41, 5.74) is 3.19. The van der Waals surface area contributed by atoms with Crippen molar-refractivity contribution in [1.82, 2.24) is 4.90 Å². The van der Waals surface area contributed by atoms with Crippen molar-refractivity contribution in [3.8, 4) is 0 Å². The molecule has 1 saturated heterocycles. The summed E-state index contributed by atoms with van der Waals surface area (Å²) >= 11 is 0. The molecule has 1 fully saturated rings. The Morgan fingerprint density at radius 1 is 1.24 bits per heavy atom. The lowest BCUT2D eigenvalue weighted by Gasteiger charge is -2.21. The zero-order valence-corrected chi connectivity index (χ0v) is 16.0. The fraction of sp³-hybridized carbons (Fsp3) is 0.600. The van der Waals surface area contributed by atoms with Gasteiger partial charge in [0.1, 0.15) is 0 Å². The molecule has 1 heterocycles. The molecule has 2 amide bonds. The Hall–Kier alpha value is -1.88. The van der Waals surface area contributed by atoms with Crippen molar-refractivity contribution >= 4 is 17.5 Å². The highest BCUT2D eigenvalue weighted by molar-refractivity contribution is 5.98. The Balaban J connectivity index is 2.17. The van der Waals surface area contributed by atoms with E-state index in [2.05, 4.69) is 45.1 Å². The molecule has 1 aromatic carbocycles. The molecule has 0 radical (unpaired) electrons. The molecule has 0 spiro atoms. The first-order chi connectivity index (χ1) is 11.8. The second kappa shape index (κ2) is 8.48. The number of rotatable bonds is 7. The Morgan fingerprint density at radius 2 is 1.84 bits per heavy atom. The quantitative estimate of drug-likeness (QED) is 0.823. The van der Waals surface area contributed by atoms with Gasteiger partial charge in [-0.15, -0.1) is 0 Å². The highest BCUT2D eigenvalue weighted by Crippen LogP contribution is 2.33. The van der Waals surface area contributed by atoms with Crippen LogP contribution in [0.1, 0.15) is 57.1 Å². The molecular weight excluding hydrogens is 316 g/mol. The fourth-order valence-electron chi connectivity index (χ4n) is 3.29. The lowest BCUT2D eigenvalue weighted by atomic mass is 9.92. The van der Waals surface area contributed by atoms with E-state index < -0.39 is 0 Å². The Kier molecular flexibility index (Phi) is 6.59. The number of ether oxygens (including phenoxy) is 1. The first-order valence-corrected chi connectivity index (χ1v) is 9.05. The number of nitrogens with one attached hydrogen (secondary N) is 1. The summed E-state index contributed by atoms with van der Waals surface area (Å²) in [5, 5.41) is 3.13. The average Bonchev–Trinajstić information content (AvgIpc) is 2.93. The molecule has 25 heavy (non-hydrogen) atoms. The molecule has 0 saturated carbocycles.